The normalized spacial score (nSPS) is 16.0. The van der Waals surface area contributed by atoms with Crippen LogP contribution in [-0.4, -0.2) is 51.3 Å². The Bertz CT molecular complexity index is 2010. The van der Waals surface area contributed by atoms with Gasteiger partial charge in [-0.05, 0) is 49.2 Å². The monoisotopic (exact) mass is 595 g/mol. The van der Waals surface area contributed by atoms with E-state index in [2.05, 4.69) is 40.9 Å². The van der Waals surface area contributed by atoms with E-state index in [-0.39, 0.29) is 35.7 Å². The predicted molar refractivity (Wildman–Crippen MR) is 157 cm³/mol. The van der Waals surface area contributed by atoms with Crippen molar-refractivity contribution in [2.45, 2.75) is 31.7 Å². The van der Waals surface area contributed by atoms with Crippen LogP contribution >= 0.6 is 11.6 Å². The summed E-state index contributed by atoms with van der Waals surface area (Å²) >= 11 is 6.31. The number of fused-ring (bicyclic) bond motifs is 2. The maximum absolute atomic E-state index is 14.5. The van der Waals surface area contributed by atoms with Crippen molar-refractivity contribution < 1.29 is 9.18 Å². The number of nitrogen functional groups attached to an aromatic ring is 1. The Kier molecular flexibility index (Phi) is 6.31. The van der Waals surface area contributed by atoms with Crippen molar-refractivity contribution >= 4 is 40.0 Å². The molecule has 6 aromatic rings. The van der Waals surface area contributed by atoms with Crippen LogP contribution in [0.5, 0.6) is 0 Å². The minimum atomic E-state index is -1.22. The molecule has 2 aromatic carbocycles. The zero-order valence-electron chi connectivity index (χ0n) is 22.7. The summed E-state index contributed by atoms with van der Waals surface area (Å²) in [6.07, 6.45) is 2.97. The number of nitrogens with zero attached hydrogens (tertiary/aromatic N) is 8. The molecule has 1 aliphatic rings. The number of halogens is 2. The summed E-state index contributed by atoms with van der Waals surface area (Å²) in [6.45, 7) is 1.91. The van der Waals surface area contributed by atoms with E-state index < -0.39 is 5.41 Å². The molecule has 43 heavy (non-hydrogen) atoms. The van der Waals surface area contributed by atoms with Crippen LogP contribution in [0.15, 0.2) is 60.8 Å². The van der Waals surface area contributed by atoms with Gasteiger partial charge >= 0.3 is 0 Å². The number of anilines is 2. The van der Waals surface area contributed by atoms with E-state index >= 15 is 0 Å². The molecule has 0 radical (unpaired) electrons. The lowest BCUT2D eigenvalue weighted by molar-refractivity contribution is -0.119. The van der Waals surface area contributed by atoms with Gasteiger partial charge in [0.25, 0.3) is 0 Å². The van der Waals surface area contributed by atoms with Gasteiger partial charge in [0, 0.05) is 28.6 Å². The average molecular weight is 596 g/mol. The lowest BCUT2D eigenvalue weighted by Crippen LogP contribution is -2.34. The van der Waals surface area contributed by atoms with Crippen LogP contribution in [0.4, 0.5) is 16.0 Å². The third-order valence-electron chi connectivity index (χ3n) is 7.69. The third kappa shape index (κ3) is 4.54. The van der Waals surface area contributed by atoms with Crippen molar-refractivity contribution in [3.8, 4) is 11.5 Å². The fourth-order valence-corrected chi connectivity index (χ4v) is 5.56. The first-order valence-corrected chi connectivity index (χ1v) is 13.8. The Morgan fingerprint density at radius 3 is 2.72 bits per heavy atom. The highest BCUT2D eigenvalue weighted by atomic mass is 35.5. The molecule has 0 fully saturated rings. The summed E-state index contributed by atoms with van der Waals surface area (Å²) in [5.74, 6) is 0.551. The van der Waals surface area contributed by atoms with Crippen LogP contribution < -0.4 is 11.1 Å². The summed E-state index contributed by atoms with van der Waals surface area (Å²) in [4.78, 5) is 27.3. The van der Waals surface area contributed by atoms with Gasteiger partial charge in [0.15, 0.2) is 11.6 Å². The highest BCUT2D eigenvalue weighted by molar-refractivity contribution is 6.31. The third-order valence-corrected chi connectivity index (χ3v) is 7.93. The van der Waals surface area contributed by atoms with Gasteiger partial charge in [-0.2, -0.15) is 10.3 Å². The molecule has 1 aliphatic heterocycles. The number of carbonyl (C=O) groups excluding carboxylic acids is 1. The smallest absolute Gasteiger partial charge is 0.242 e. The molecule has 0 bridgehead atoms. The SMILES string of the molecule is CC1(c2ccc(CCc3nn[nH]n3)cn2)C(=O)Nc2nc(-c3nn(Cc4ccccc4F)c4cc(Cl)ccc34)nc(N)c21. The topological polar surface area (TPSA) is 166 Å². The summed E-state index contributed by atoms with van der Waals surface area (Å²) in [7, 11) is 0. The number of tetrazole rings is 1. The van der Waals surface area contributed by atoms with E-state index in [9.17, 15) is 9.18 Å². The van der Waals surface area contributed by atoms with E-state index in [1.165, 1.54) is 6.07 Å². The van der Waals surface area contributed by atoms with Gasteiger partial charge in [-0.25, -0.2) is 14.4 Å². The Morgan fingerprint density at radius 2 is 1.95 bits per heavy atom. The maximum Gasteiger partial charge on any atom is 0.242 e. The van der Waals surface area contributed by atoms with E-state index in [0.29, 0.717) is 57.1 Å². The molecule has 4 N–H and O–H groups in total. The molecule has 1 unspecified atom stereocenters. The van der Waals surface area contributed by atoms with E-state index in [1.807, 2.05) is 6.07 Å². The zero-order valence-corrected chi connectivity index (χ0v) is 23.5. The first-order valence-electron chi connectivity index (χ1n) is 13.4. The number of amides is 1. The maximum atomic E-state index is 14.5. The number of aromatic nitrogens is 9. The number of pyridine rings is 1. The fourth-order valence-electron chi connectivity index (χ4n) is 5.39. The van der Waals surface area contributed by atoms with Crippen molar-refractivity contribution in [3.05, 3.63) is 99.8 Å². The summed E-state index contributed by atoms with van der Waals surface area (Å²) < 4.78 is 16.1. The molecule has 12 nitrogen and oxygen atoms in total. The van der Waals surface area contributed by atoms with Gasteiger partial charge in [-0.15, -0.1) is 10.2 Å². The Balaban J connectivity index is 1.25. The quantitative estimate of drug-likeness (QED) is 0.248. The molecule has 4 aromatic heterocycles. The second kappa shape index (κ2) is 10.2. The van der Waals surface area contributed by atoms with Crippen LogP contribution in [0.2, 0.25) is 5.02 Å². The van der Waals surface area contributed by atoms with Gasteiger partial charge in [0.2, 0.25) is 5.91 Å². The van der Waals surface area contributed by atoms with E-state index in [4.69, 9.17) is 22.4 Å². The minimum Gasteiger partial charge on any atom is -0.383 e. The van der Waals surface area contributed by atoms with Crippen LogP contribution in [0.1, 0.15) is 35.1 Å². The second-order valence-corrected chi connectivity index (χ2v) is 10.8. The van der Waals surface area contributed by atoms with Crippen LogP contribution in [-0.2, 0) is 29.6 Å². The lowest BCUT2D eigenvalue weighted by atomic mass is 9.80. The van der Waals surface area contributed by atoms with Crippen LogP contribution in [0.3, 0.4) is 0 Å². The number of nitrogens with two attached hydrogens (primary N) is 1. The Labute approximate surface area is 248 Å². The molecule has 1 atom stereocenters. The fraction of sp³-hybridized carbons (Fsp3) is 0.172. The number of benzene rings is 2. The van der Waals surface area contributed by atoms with Crippen LogP contribution in [0, 0.1) is 5.82 Å². The molecule has 5 heterocycles. The molecule has 0 saturated heterocycles. The first kappa shape index (κ1) is 26.6. The minimum absolute atomic E-state index is 0.120. The number of aromatic amines is 1. The highest BCUT2D eigenvalue weighted by Gasteiger charge is 2.48. The standard InChI is InChI=1S/C29H23ClFN11O/c1-29(21-10-6-15(13-33-21)7-11-22-37-40-41-38-22)23-25(32)34-27(35-26(23)36-28(29)43)24-18-9-8-17(30)12-20(18)42(39-24)14-16-4-2-3-5-19(16)31/h2-6,8-10,12-13H,7,11,14H2,1H3,(H,37,38,40,41)(H3,32,34,35,36,43). The predicted octanol–water partition coefficient (Wildman–Crippen LogP) is 3.87. The molecular formula is C29H23ClFN11O. The highest BCUT2D eigenvalue weighted by Crippen LogP contribution is 2.44. The van der Waals surface area contributed by atoms with Crippen LogP contribution in [0.25, 0.3) is 22.4 Å². The molecule has 0 spiro atoms. The molecule has 14 heteroatoms. The Hall–Kier alpha value is -5.30. The molecular weight excluding hydrogens is 573 g/mol. The molecule has 214 valence electrons. The summed E-state index contributed by atoms with van der Waals surface area (Å²) in [5.41, 5.74) is 8.77. The molecule has 0 saturated carbocycles. The average Bonchev–Trinajstić information content (AvgIpc) is 3.71. The van der Waals surface area contributed by atoms with Crippen molar-refractivity contribution in [2.75, 3.05) is 11.1 Å². The molecule has 7 rings (SSSR count). The van der Waals surface area contributed by atoms with Gasteiger partial charge in [-0.3, -0.25) is 14.5 Å². The number of carbonyl (C=O) groups is 1. The lowest BCUT2D eigenvalue weighted by Gasteiger charge is -2.22. The van der Waals surface area contributed by atoms with Crippen molar-refractivity contribution in [1.29, 1.82) is 0 Å². The Morgan fingerprint density at radius 1 is 1.09 bits per heavy atom. The first-order chi connectivity index (χ1) is 20.8. The number of nitrogens with one attached hydrogen (secondary N) is 2. The number of hydrogen-bond donors (Lipinski definition) is 3. The second-order valence-electron chi connectivity index (χ2n) is 10.4. The van der Waals surface area contributed by atoms with E-state index in [0.717, 1.165) is 5.56 Å². The molecule has 0 aliphatic carbocycles. The molecule has 1 amide bonds. The van der Waals surface area contributed by atoms with Crippen molar-refractivity contribution in [2.24, 2.45) is 0 Å². The van der Waals surface area contributed by atoms with Gasteiger partial charge in [0.05, 0.1) is 23.3 Å². The van der Waals surface area contributed by atoms with Crippen molar-refractivity contribution in [3.63, 3.8) is 0 Å². The van der Waals surface area contributed by atoms with Gasteiger partial charge < -0.3 is 11.1 Å². The summed E-state index contributed by atoms with van der Waals surface area (Å²) in [6, 6.07) is 15.5. The number of H-pyrrole nitrogens is 1. The summed E-state index contributed by atoms with van der Waals surface area (Å²) in [5, 5.41) is 22.7. The van der Waals surface area contributed by atoms with Gasteiger partial charge in [-0.1, -0.05) is 41.1 Å². The van der Waals surface area contributed by atoms with E-state index in [1.54, 1.807) is 60.3 Å². The number of hydrogen-bond acceptors (Lipinski definition) is 9. The zero-order chi connectivity index (χ0) is 29.7. The van der Waals surface area contributed by atoms with Crippen molar-refractivity contribution in [1.82, 2.24) is 45.4 Å². The largest absolute Gasteiger partial charge is 0.383 e. The van der Waals surface area contributed by atoms with Gasteiger partial charge in [0.1, 0.15) is 28.6 Å². The number of aryl methyl sites for hydroxylation is 2. The number of rotatable bonds is 7.